The Morgan fingerprint density at radius 3 is 3.00 bits per heavy atom. The van der Waals surface area contributed by atoms with Crippen LogP contribution in [0, 0.1) is 11.8 Å². The van der Waals surface area contributed by atoms with Crippen LogP contribution in [0.15, 0.2) is 11.4 Å². The Bertz CT molecular complexity index is 343. The lowest BCUT2D eigenvalue weighted by molar-refractivity contribution is 0.0702. The minimum atomic E-state index is -0.904. The van der Waals surface area contributed by atoms with Crippen LogP contribution < -0.4 is 0 Å². The Morgan fingerprint density at radius 1 is 1.75 bits per heavy atom. The highest BCUT2D eigenvalue weighted by molar-refractivity contribution is 7.80. The smallest absolute Gasteiger partial charge is 0.345 e. The van der Waals surface area contributed by atoms with Gasteiger partial charge in [-0.15, -0.1) is 11.3 Å². The molecule has 0 spiro atoms. The van der Waals surface area contributed by atoms with Crippen LogP contribution in [0.25, 0.3) is 0 Å². The molecule has 1 N–H and O–H groups in total. The van der Waals surface area contributed by atoms with Gasteiger partial charge in [-0.05, 0) is 6.07 Å². The molecule has 0 unspecified atom stereocenters. The average molecular weight is 198 g/mol. The predicted octanol–water partition coefficient (Wildman–Crippen LogP) is 1.73. The first-order chi connectivity index (χ1) is 5.74. The van der Waals surface area contributed by atoms with E-state index in [2.05, 4.69) is 24.5 Å². The molecule has 62 valence electrons. The third-order valence-corrected chi connectivity index (χ3v) is 2.20. The van der Waals surface area contributed by atoms with Crippen molar-refractivity contribution in [3.63, 3.8) is 0 Å². The van der Waals surface area contributed by atoms with Crippen molar-refractivity contribution in [2.45, 2.75) is 0 Å². The van der Waals surface area contributed by atoms with Crippen LogP contribution in [0.5, 0.6) is 0 Å². The number of thiol groups is 1. The van der Waals surface area contributed by atoms with E-state index >= 15 is 0 Å². The van der Waals surface area contributed by atoms with Gasteiger partial charge in [0.1, 0.15) is 4.88 Å². The predicted molar refractivity (Wildman–Crippen MR) is 52.0 cm³/mol. The summed E-state index contributed by atoms with van der Waals surface area (Å²) in [6.07, 6.45) is 0. The maximum absolute atomic E-state index is 10.4. The van der Waals surface area contributed by atoms with Crippen LogP contribution >= 0.6 is 24.0 Å². The van der Waals surface area contributed by atoms with Crippen molar-refractivity contribution in [3.8, 4) is 11.8 Å². The van der Waals surface area contributed by atoms with Gasteiger partial charge in [0.15, 0.2) is 0 Å². The van der Waals surface area contributed by atoms with Gasteiger partial charge in [-0.1, -0.05) is 11.8 Å². The molecule has 1 aromatic heterocycles. The van der Waals surface area contributed by atoms with Crippen molar-refractivity contribution in [1.82, 2.24) is 0 Å². The van der Waals surface area contributed by atoms with Crippen LogP contribution in [0.3, 0.4) is 0 Å². The van der Waals surface area contributed by atoms with E-state index in [1.165, 1.54) is 11.3 Å². The van der Waals surface area contributed by atoms with Gasteiger partial charge in [0.2, 0.25) is 0 Å². The Morgan fingerprint density at radius 2 is 2.50 bits per heavy atom. The second-order valence-electron chi connectivity index (χ2n) is 1.96. The van der Waals surface area contributed by atoms with E-state index in [4.69, 9.17) is 5.11 Å². The van der Waals surface area contributed by atoms with E-state index in [1.54, 1.807) is 11.4 Å². The van der Waals surface area contributed by atoms with Crippen molar-refractivity contribution >= 4 is 29.9 Å². The highest BCUT2D eigenvalue weighted by Crippen LogP contribution is 2.13. The third-order valence-electron chi connectivity index (χ3n) is 1.12. The summed E-state index contributed by atoms with van der Waals surface area (Å²) < 4.78 is 0. The fourth-order valence-electron chi connectivity index (χ4n) is 0.656. The maximum Gasteiger partial charge on any atom is 0.345 e. The summed E-state index contributed by atoms with van der Waals surface area (Å²) >= 11 is 5.09. The Labute approximate surface area is 79.6 Å². The van der Waals surface area contributed by atoms with Crippen LogP contribution in [-0.4, -0.2) is 16.8 Å². The molecule has 0 saturated heterocycles. The van der Waals surface area contributed by atoms with Gasteiger partial charge in [-0.3, -0.25) is 0 Å². The largest absolute Gasteiger partial charge is 0.477 e. The summed E-state index contributed by atoms with van der Waals surface area (Å²) in [4.78, 5) is 10.8. The van der Waals surface area contributed by atoms with Crippen LogP contribution in [0.4, 0.5) is 0 Å². The molecule has 4 heteroatoms. The van der Waals surface area contributed by atoms with Crippen molar-refractivity contribution in [2.24, 2.45) is 0 Å². The number of hydrogen-bond donors (Lipinski definition) is 2. The molecule has 1 aromatic rings. The molecular weight excluding hydrogens is 192 g/mol. The fraction of sp³-hybridized carbons (Fsp3) is 0.125. The standard InChI is InChI=1S/C8H6O2S2/c9-8(10)7-4-6(5-12-7)2-1-3-11/h4-5,11H,3H2,(H,9,10). The number of rotatable bonds is 1. The Kier molecular flexibility index (Phi) is 3.20. The van der Waals surface area contributed by atoms with Crippen LogP contribution in [-0.2, 0) is 0 Å². The molecule has 0 radical (unpaired) electrons. The molecule has 0 bridgehead atoms. The van der Waals surface area contributed by atoms with Gasteiger partial charge < -0.3 is 5.11 Å². The van der Waals surface area contributed by atoms with Crippen molar-refractivity contribution in [2.75, 3.05) is 5.75 Å². The molecule has 0 aliphatic carbocycles. The quantitative estimate of drug-likeness (QED) is 0.532. The van der Waals surface area contributed by atoms with Gasteiger partial charge in [0.05, 0.1) is 5.75 Å². The van der Waals surface area contributed by atoms with E-state index in [0.29, 0.717) is 10.6 Å². The number of carboxylic acid groups (broad SMARTS) is 1. The number of hydrogen-bond acceptors (Lipinski definition) is 3. The van der Waals surface area contributed by atoms with Crippen molar-refractivity contribution < 1.29 is 9.90 Å². The van der Waals surface area contributed by atoms with E-state index in [1.807, 2.05) is 0 Å². The van der Waals surface area contributed by atoms with E-state index < -0.39 is 5.97 Å². The Balaban J connectivity index is 2.84. The molecule has 0 aliphatic heterocycles. The second-order valence-corrected chi connectivity index (χ2v) is 3.19. The lowest BCUT2D eigenvalue weighted by Crippen LogP contribution is -1.89. The van der Waals surface area contributed by atoms with Gasteiger partial charge in [-0.25, -0.2) is 4.79 Å². The molecule has 1 rings (SSSR count). The summed E-state index contributed by atoms with van der Waals surface area (Å²) in [5.41, 5.74) is 0.742. The zero-order chi connectivity index (χ0) is 8.97. The highest BCUT2D eigenvalue weighted by Gasteiger charge is 2.04. The first-order valence-electron chi connectivity index (χ1n) is 3.15. The first kappa shape index (κ1) is 9.17. The minimum Gasteiger partial charge on any atom is -0.477 e. The third kappa shape index (κ3) is 2.29. The van der Waals surface area contributed by atoms with E-state index in [0.717, 1.165) is 5.56 Å². The van der Waals surface area contributed by atoms with Crippen LogP contribution in [0.2, 0.25) is 0 Å². The summed E-state index contributed by atoms with van der Waals surface area (Å²) in [6.45, 7) is 0. The normalized spacial score (nSPS) is 8.75. The number of aromatic carboxylic acids is 1. The zero-order valence-corrected chi connectivity index (χ0v) is 7.78. The molecule has 0 saturated carbocycles. The summed E-state index contributed by atoms with van der Waals surface area (Å²) in [5, 5.41) is 10.3. The second kappa shape index (κ2) is 4.19. The average Bonchev–Trinajstić information content (AvgIpc) is 2.48. The highest BCUT2D eigenvalue weighted by atomic mass is 32.1. The molecule has 1 heterocycles. The van der Waals surface area contributed by atoms with Gasteiger partial charge in [0.25, 0.3) is 0 Å². The Hall–Kier alpha value is -0.920. The molecular formula is C8H6O2S2. The molecule has 0 fully saturated rings. The first-order valence-corrected chi connectivity index (χ1v) is 4.67. The molecule has 12 heavy (non-hydrogen) atoms. The fourth-order valence-corrected chi connectivity index (χ4v) is 1.41. The van der Waals surface area contributed by atoms with Gasteiger partial charge in [-0.2, -0.15) is 12.6 Å². The topological polar surface area (TPSA) is 37.3 Å². The van der Waals surface area contributed by atoms with E-state index in [-0.39, 0.29) is 0 Å². The summed E-state index contributed by atoms with van der Waals surface area (Å²) in [6, 6.07) is 1.56. The number of thiophene rings is 1. The van der Waals surface area contributed by atoms with Crippen molar-refractivity contribution in [3.05, 3.63) is 21.9 Å². The zero-order valence-electron chi connectivity index (χ0n) is 6.07. The van der Waals surface area contributed by atoms with Gasteiger partial charge >= 0.3 is 5.97 Å². The summed E-state index contributed by atoms with van der Waals surface area (Å²) in [5.74, 6) is 5.12. The van der Waals surface area contributed by atoms with Crippen molar-refractivity contribution in [1.29, 1.82) is 0 Å². The monoisotopic (exact) mass is 198 g/mol. The molecule has 0 atom stereocenters. The molecule has 0 aromatic carbocycles. The number of carbonyl (C=O) groups is 1. The molecule has 0 aliphatic rings. The van der Waals surface area contributed by atoms with Gasteiger partial charge in [0, 0.05) is 10.9 Å². The minimum absolute atomic E-state index is 0.318. The molecule has 2 nitrogen and oxygen atoms in total. The SMILES string of the molecule is O=C(O)c1cc(C#CCS)cs1. The number of carboxylic acids is 1. The lowest BCUT2D eigenvalue weighted by Gasteiger charge is -1.80. The lowest BCUT2D eigenvalue weighted by atomic mass is 10.3. The van der Waals surface area contributed by atoms with Crippen LogP contribution in [0.1, 0.15) is 15.2 Å². The summed E-state index contributed by atoms with van der Waals surface area (Å²) in [7, 11) is 0. The maximum atomic E-state index is 10.4. The van der Waals surface area contributed by atoms with E-state index in [9.17, 15) is 4.79 Å². The molecule has 0 amide bonds.